The second-order valence-electron chi connectivity index (χ2n) is 11.7. The van der Waals surface area contributed by atoms with Gasteiger partial charge in [0.25, 0.3) is 0 Å². The van der Waals surface area contributed by atoms with Crippen molar-refractivity contribution in [1.29, 1.82) is 0 Å². The summed E-state index contributed by atoms with van der Waals surface area (Å²) in [5, 5.41) is 3.16. The molecule has 1 saturated heterocycles. The highest BCUT2D eigenvalue weighted by molar-refractivity contribution is 7.90. The van der Waals surface area contributed by atoms with Gasteiger partial charge in [0.15, 0.2) is 9.84 Å². The van der Waals surface area contributed by atoms with Crippen molar-refractivity contribution in [2.45, 2.75) is 81.2 Å². The Morgan fingerprint density at radius 2 is 1.62 bits per heavy atom. The molecule has 1 heterocycles. The molecule has 1 aliphatic carbocycles. The average molecular weight is 604 g/mol. The molecule has 2 aliphatic rings. The Hall–Kier alpha value is -2.85. The van der Waals surface area contributed by atoms with Crippen LogP contribution in [0, 0.1) is 5.92 Å². The highest BCUT2D eigenvalue weighted by Gasteiger charge is 2.38. The van der Waals surface area contributed by atoms with Crippen LogP contribution in [0.3, 0.4) is 0 Å². The zero-order valence-corrected chi connectivity index (χ0v) is 25.4. The van der Waals surface area contributed by atoms with Crippen molar-refractivity contribution in [2.75, 3.05) is 32.4 Å². The van der Waals surface area contributed by atoms with E-state index in [1.54, 1.807) is 24.3 Å². The van der Waals surface area contributed by atoms with Gasteiger partial charge in [0.2, 0.25) is 17.7 Å². The maximum Gasteiger partial charge on any atom is 0.248 e. The van der Waals surface area contributed by atoms with Crippen LogP contribution in [0.15, 0.2) is 59.5 Å². The van der Waals surface area contributed by atoms with E-state index >= 15 is 0 Å². The van der Waals surface area contributed by atoms with Gasteiger partial charge in [-0.3, -0.25) is 9.59 Å². The number of carbonyl (C=O) groups is 2. The molecule has 1 atom stereocenters. The fraction of sp³-hybridized carbons (Fsp3) is 0.562. The van der Waals surface area contributed by atoms with Gasteiger partial charge in [0, 0.05) is 57.2 Å². The maximum absolute atomic E-state index is 13.6. The van der Waals surface area contributed by atoms with Crippen LogP contribution in [0.1, 0.15) is 69.0 Å². The van der Waals surface area contributed by atoms with E-state index in [0.717, 1.165) is 43.6 Å². The zero-order chi connectivity index (χ0) is 30.3. The van der Waals surface area contributed by atoms with E-state index in [2.05, 4.69) is 10.2 Å². The van der Waals surface area contributed by atoms with E-state index in [-0.39, 0.29) is 66.8 Å². The van der Waals surface area contributed by atoms with Gasteiger partial charge in [0.05, 0.1) is 17.4 Å². The zero-order valence-electron chi connectivity index (χ0n) is 24.6. The summed E-state index contributed by atoms with van der Waals surface area (Å²) in [6.45, 7) is 5.05. The van der Waals surface area contributed by atoms with Gasteiger partial charge in [-0.25, -0.2) is 17.2 Å². The van der Waals surface area contributed by atoms with Gasteiger partial charge >= 0.3 is 0 Å². The monoisotopic (exact) mass is 603 g/mol. The molecule has 2 amide bonds. The number of nitrogens with one attached hydrogen (secondary N) is 1. The Morgan fingerprint density at radius 3 is 2.19 bits per heavy atom. The molecule has 42 heavy (non-hydrogen) atoms. The molecule has 1 aliphatic heterocycles. The van der Waals surface area contributed by atoms with Crippen LogP contribution in [-0.4, -0.2) is 74.4 Å². The number of halogens is 2. The molecule has 0 spiro atoms. The summed E-state index contributed by atoms with van der Waals surface area (Å²) in [6.07, 6.45) is 3.78. The summed E-state index contributed by atoms with van der Waals surface area (Å²) in [6, 6.07) is 16.3. The molecule has 2 fully saturated rings. The van der Waals surface area contributed by atoms with Gasteiger partial charge in [0.1, 0.15) is 0 Å². The average Bonchev–Trinajstić information content (AvgIpc) is 2.96. The number of piperidine rings is 1. The second-order valence-corrected chi connectivity index (χ2v) is 13.8. The predicted molar refractivity (Wildman–Crippen MR) is 159 cm³/mol. The number of nitrogens with zero attached hydrogens (tertiary/aromatic N) is 2. The molecule has 2 aromatic carbocycles. The van der Waals surface area contributed by atoms with E-state index < -0.39 is 15.8 Å². The summed E-state index contributed by atoms with van der Waals surface area (Å²) < 4.78 is 50.7. The molecule has 4 rings (SSSR count). The lowest BCUT2D eigenvalue weighted by atomic mass is 9.86. The predicted octanol–water partition coefficient (Wildman–Crippen LogP) is 5.02. The van der Waals surface area contributed by atoms with E-state index in [9.17, 15) is 26.8 Å². The number of likely N-dealkylation sites (N-methyl/N-ethyl adjacent to an activating group) is 1. The first-order chi connectivity index (χ1) is 19.9. The SMILES string of the molecule is CCN(C(=O)Cc1ccc(S(C)(=O)=O)cc1)C1CCN(CC[C@H](NC(=O)C2CCC(F)(F)CC2)c2ccccc2)CC1. The highest BCUT2D eigenvalue weighted by Crippen LogP contribution is 2.36. The Balaban J connectivity index is 1.29. The number of hydrogen-bond acceptors (Lipinski definition) is 5. The van der Waals surface area contributed by atoms with Crippen LogP contribution in [0.5, 0.6) is 0 Å². The topological polar surface area (TPSA) is 86.8 Å². The fourth-order valence-corrected chi connectivity index (χ4v) is 6.77. The lowest BCUT2D eigenvalue weighted by Crippen LogP contribution is -2.48. The molecule has 10 heteroatoms. The molecule has 2 aromatic rings. The minimum Gasteiger partial charge on any atom is -0.349 e. The number of rotatable bonds is 11. The number of amides is 2. The normalized spacial score (nSPS) is 19.2. The van der Waals surface area contributed by atoms with Gasteiger partial charge in [-0.05, 0) is 62.3 Å². The van der Waals surface area contributed by atoms with Crippen molar-refractivity contribution in [3.05, 3.63) is 65.7 Å². The van der Waals surface area contributed by atoms with Crippen molar-refractivity contribution in [1.82, 2.24) is 15.1 Å². The van der Waals surface area contributed by atoms with Crippen LogP contribution in [0.25, 0.3) is 0 Å². The number of benzene rings is 2. The Bertz CT molecular complexity index is 1290. The molecule has 1 saturated carbocycles. The molecule has 0 bridgehead atoms. The highest BCUT2D eigenvalue weighted by atomic mass is 32.2. The Morgan fingerprint density at radius 1 is 1.00 bits per heavy atom. The Labute approximate surface area is 248 Å². The van der Waals surface area contributed by atoms with Crippen molar-refractivity contribution < 1.29 is 26.8 Å². The third-order valence-electron chi connectivity index (χ3n) is 8.71. The van der Waals surface area contributed by atoms with E-state index in [4.69, 9.17) is 0 Å². The first-order valence-electron chi connectivity index (χ1n) is 15.0. The first-order valence-corrected chi connectivity index (χ1v) is 16.9. The molecule has 0 radical (unpaired) electrons. The van der Waals surface area contributed by atoms with Gasteiger partial charge in [-0.15, -0.1) is 0 Å². The molecular formula is C32H43F2N3O4S. The van der Waals surface area contributed by atoms with Crippen molar-refractivity contribution in [3.8, 4) is 0 Å². The van der Waals surface area contributed by atoms with E-state index in [0.29, 0.717) is 13.0 Å². The quantitative estimate of drug-likeness (QED) is 0.390. The van der Waals surface area contributed by atoms with Crippen LogP contribution < -0.4 is 5.32 Å². The number of sulfone groups is 1. The fourth-order valence-electron chi connectivity index (χ4n) is 6.13. The number of carbonyl (C=O) groups excluding carboxylic acids is 2. The molecule has 0 unspecified atom stereocenters. The number of alkyl halides is 2. The van der Waals surface area contributed by atoms with Crippen molar-refractivity contribution in [2.24, 2.45) is 5.92 Å². The van der Waals surface area contributed by atoms with Gasteiger partial charge in [-0.1, -0.05) is 42.5 Å². The molecule has 7 nitrogen and oxygen atoms in total. The van der Waals surface area contributed by atoms with Crippen molar-refractivity contribution in [3.63, 3.8) is 0 Å². The molecule has 1 N–H and O–H groups in total. The van der Waals surface area contributed by atoms with E-state index in [1.165, 1.54) is 6.26 Å². The third-order valence-corrected chi connectivity index (χ3v) is 9.83. The standard InChI is InChI=1S/C32H43F2N3O4S/c1-3-37(30(38)23-24-9-11-28(12-10-24)42(2,40)41)27-15-20-36(21-16-27)22-17-29(25-7-5-4-6-8-25)35-31(39)26-13-18-32(33,34)19-14-26/h4-12,26-27,29H,3,13-23H2,1-2H3,(H,35,39)/t29-/m0/s1. The van der Waals surface area contributed by atoms with E-state index in [1.807, 2.05) is 42.2 Å². The van der Waals surface area contributed by atoms with Crippen LogP contribution >= 0.6 is 0 Å². The summed E-state index contributed by atoms with van der Waals surface area (Å²) in [4.78, 5) is 30.7. The molecular weight excluding hydrogens is 560 g/mol. The maximum atomic E-state index is 13.6. The minimum atomic E-state index is -3.28. The Kier molecular flexibility index (Phi) is 10.8. The summed E-state index contributed by atoms with van der Waals surface area (Å²) in [5.74, 6) is -3.14. The van der Waals surface area contributed by atoms with Crippen LogP contribution in [0.4, 0.5) is 8.78 Å². The van der Waals surface area contributed by atoms with Gasteiger partial charge < -0.3 is 15.1 Å². The van der Waals surface area contributed by atoms with Crippen molar-refractivity contribution >= 4 is 21.7 Å². The lowest BCUT2D eigenvalue weighted by molar-refractivity contribution is -0.133. The van der Waals surface area contributed by atoms with Crippen LogP contribution in [-0.2, 0) is 25.8 Å². The van der Waals surface area contributed by atoms with Crippen LogP contribution in [0.2, 0.25) is 0 Å². The summed E-state index contributed by atoms with van der Waals surface area (Å²) in [5.41, 5.74) is 1.80. The summed E-state index contributed by atoms with van der Waals surface area (Å²) >= 11 is 0. The minimum absolute atomic E-state index is 0.0374. The number of hydrogen-bond donors (Lipinski definition) is 1. The van der Waals surface area contributed by atoms with Gasteiger partial charge in [-0.2, -0.15) is 0 Å². The second kappa shape index (κ2) is 14.1. The smallest absolute Gasteiger partial charge is 0.248 e. The molecule has 230 valence electrons. The third kappa shape index (κ3) is 8.83. The summed E-state index contributed by atoms with van der Waals surface area (Å²) in [7, 11) is -3.28. The largest absolute Gasteiger partial charge is 0.349 e. The molecule has 0 aromatic heterocycles. The lowest BCUT2D eigenvalue weighted by Gasteiger charge is -2.38. The first kappa shape index (κ1) is 32.1. The number of likely N-dealkylation sites (tertiary alicyclic amines) is 1.